The van der Waals surface area contributed by atoms with E-state index in [1.165, 1.54) is 16.7 Å². The van der Waals surface area contributed by atoms with Gasteiger partial charge in [0.25, 0.3) is 0 Å². The van der Waals surface area contributed by atoms with Gasteiger partial charge in [-0.05, 0) is 49.6 Å². The van der Waals surface area contributed by atoms with Gasteiger partial charge in [-0.3, -0.25) is 0 Å². The van der Waals surface area contributed by atoms with Crippen molar-refractivity contribution in [2.75, 3.05) is 13.1 Å². The van der Waals surface area contributed by atoms with Crippen LogP contribution in [-0.2, 0) is 13.1 Å². The topological polar surface area (TPSA) is 36.1 Å². The highest BCUT2D eigenvalue weighted by Gasteiger charge is 2.09. The Labute approximate surface area is 179 Å². The molecule has 0 aliphatic carbocycles. The minimum Gasteiger partial charge on any atom is -0.380 e. The molecule has 0 radical (unpaired) electrons. The van der Waals surface area contributed by atoms with Crippen molar-refractivity contribution in [2.45, 2.75) is 80.4 Å². The second-order valence-electron chi connectivity index (χ2n) is 6.78. The molecule has 0 amide bonds. The zero-order chi connectivity index (χ0) is 21.4. The van der Waals surface area contributed by atoms with Gasteiger partial charge in [-0.1, -0.05) is 83.5 Å². The first-order valence-electron chi connectivity index (χ1n) is 10.8. The van der Waals surface area contributed by atoms with Gasteiger partial charge < -0.3 is 16.0 Å². The van der Waals surface area contributed by atoms with Gasteiger partial charge in [-0.2, -0.15) is 0 Å². The molecule has 0 aliphatic rings. The zero-order valence-corrected chi connectivity index (χ0v) is 19.8. The first kappa shape index (κ1) is 26.7. The average Bonchev–Trinajstić information content (AvgIpc) is 2.73. The van der Waals surface area contributed by atoms with Gasteiger partial charge in [-0.15, -0.1) is 0 Å². The molecule has 1 rings (SSSR count). The fraction of sp³-hybridized carbons (Fsp3) is 0.583. The van der Waals surface area contributed by atoms with E-state index < -0.39 is 0 Å². The summed E-state index contributed by atoms with van der Waals surface area (Å²) >= 11 is 6.49. The molecule has 4 heteroatoms. The van der Waals surface area contributed by atoms with Crippen molar-refractivity contribution in [1.82, 2.24) is 16.0 Å². The smallest absolute Gasteiger partial charge is 0.0594 e. The molecule has 0 saturated heterocycles. The first-order valence-corrected chi connectivity index (χ1v) is 11.2. The largest absolute Gasteiger partial charge is 0.380 e. The highest BCUT2D eigenvalue weighted by molar-refractivity contribution is 6.31. The van der Waals surface area contributed by atoms with E-state index in [4.69, 9.17) is 11.6 Å². The van der Waals surface area contributed by atoms with Gasteiger partial charge in [-0.25, -0.2) is 0 Å². The van der Waals surface area contributed by atoms with Gasteiger partial charge in [0.15, 0.2) is 0 Å². The molecular weight excluding hydrogens is 366 g/mol. The van der Waals surface area contributed by atoms with Crippen molar-refractivity contribution < 1.29 is 0 Å². The summed E-state index contributed by atoms with van der Waals surface area (Å²) in [7, 11) is 0. The third-order valence-electron chi connectivity index (χ3n) is 4.33. The average molecular weight is 408 g/mol. The van der Waals surface area contributed by atoms with Gasteiger partial charge >= 0.3 is 0 Å². The number of allylic oxidation sites excluding steroid dienone is 2. The van der Waals surface area contributed by atoms with E-state index in [-0.39, 0.29) is 0 Å². The van der Waals surface area contributed by atoms with Crippen LogP contribution in [0.1, 0.15) is 72.4 Å². The number of rotatable bonds is 12. The van der Waals surface area contributed by atoms with Crippen molar-refractivity contribution in [2.24, 2.45) is 0 Å². The summed E-state index contributed by atoms with van der Waals surface area (Å²) in [5, 5.41) is 11.2. The van der Waals surface area contributed by atoms with Crippen molar-refractivity contribution in [3.63, 3.8) is 0 Å². The molecule has 0 heterocycles. The molecule has 0 fully saturated rings. The quantitative estimate of drug-likeness (QED) is 0.289. The SMILES string of the molecule is C/C=C(Cl)\C(NCc1ccc(CNC(C)C)cc1)=C(/CC)CCNCC.CC. The maximum absolute atomic E-state index is 6.49. The van der Waals surface area contributed by atoms with Crippen LogP contribution in [0.15, 0.2) is 46.6 Å². The number of hydrogen-bond acceptors (Lipinski definition) is 3. The van der Waals surface area contributed by atoms with E-state index in [9.17, 15) is 0 Å². The van der Waals surface area contributed by atoms with E-state index in [1.807, 2.05) is 26.8 Å². The fourth-order valence-electron chi connectivity index (χ4n) is 2.70. The molecule has 0 aliphatic heterocycles. The van der Waals surface area contributed by atoms with Crippen LogP contribution in [0, 0.1) is 0 Å². The van der Waals surface area contributed by atoms with Gasteiger partial charge in [0, 0.05) is 19.1 Å². The standard InChI is InChI=1S/C22H36ClN3.C2H6/c1-6-20(13-14-24-8-3)22(21(23)7-2)26-16-19-11-9-18(10-12-19)15-25-17(4)5;1-2/h7,9-12,17,24-26H,6,8,13-16H2,1-5H3;1-2H3/b21-7+,22-20-;. The number of hydrogen-bond donors (Lipinski definition) is 3. The van der Waals surface area contributed by atoms with Gasteiger partial charge in [0.1, 0.15) is 0 Å². The van der Waals surface area contributed by atoms with Crippen LogP contribution >= 0.6 is 11.6 Å². The number of nitrogens with one attached hydrogen (secondary N) is 3. The maximum atomic E-state index is 6.49. The summed E-state index contributed by atoms with van der Waals surface area (Å²) in [6, 6.07) is 9.27. The Kier molecular flexibility index (Phi) is 15.9. The van der Waals surface area contributed by atoms with E-state index in [1.54, 1.807) is 0 Å². The zero-order valence-electron chi connectivity index (χ0n) is 19.1. The Morgan fingerprint density at radius 2 is 1.61 bits per heavy atom. The maximum Gasteiger partial charge on any atom is 0.0594 e. The molecule has 0 saturated carbocycles. The summed E-state index contributed by atoms with van der Waals surface area (Å²) < 4.78 is 0. The predicted molar refractivity (Wildman–Crippen MR) is 127 cm³/mol. The lowest BCUT2D eigenvalue weighted by molar-refractivity contribution is 0.588. The molecule has 0 bridgehead atoms. The van der Waals surface area contributed by atoms with Crippen LogP contribution in [0.25, 0.3) is 0 Å². The monoisotopic (exact) mass is 407 g/mol. The molecule has 0 aromatic heterocycles. The highest BCUT2D eigenvalue weighted by atomic mass is 35.5. The Bertz CT molecular complexity index is 574. The number of benzene rings is 1. The Morgan fingerprint density at radius 1 is 1.04 bits per heavy atom. The van der Waals surface area contributed by atoms with Crippen LogP contribution in [-0.4, -0.2) is 19.1 Å². The Balaban J connectivity index is 0.00000352. The summed E-state index contributed by atoms with van der Waals surface area (Å²) in [5.74, 6) is 0. The molecule has 1 aromatic carbocycles. The van der Waals surface area contributed by atoms with Gasteiger partial charge in [0.05, 0.1) is 10.7 Å². The van der Waals surface area contributed by atoms with Crippen LogP contribution in [0.3, 0.4) is 0 Å². The Hall–Kier alpha value is -1.29. The van der Waals surface area contributed by atoms with Crippen LogP contribution < -0.4 is 16.0 Å². The lowest BCUT2D eigenvalue weighted by atomic mass is 10.1. The summed E-state index contributed by atoms with van der Waals surface area (Å²) in [5.41, 5.74) is 5.02. The molecule has 160 valence electrons. The van der Waals surface area contributed by atoms with Crippen molar-refractivity contribution >= 4 is 11.6 Å². The minimum absolute atomic E-state index is 0.502. The molecule has 28 heavy (non-hydrogen) atoms. The molecule has 3 N–H and O–H groups in total. The van der Waals surface area contributed by atoms with Crippen LogP contribution in [0.2, 0.25) is 0 Å². The van der Waals surface area contributed by atoms with Gasteiger partial charge in [0.2, 0.25) is 0 Å². The Morgan fingerprint density at radius 3 is 2.07 bits per heavy atom. The lowest BCUT2D eigenvalue weighted by Crippen LogP contribution is -2.21. The first-order chi connectivity index (χ1) is 13.5. The molecule has 0 atom stereocenters. The van der Waals surface area contributed by atoms with Crippen LogP contribution in [0.5, 0.6) is 0 Å². The molecule has 0 unspecified atom stereocenters. The highest BCUT2D eigenvalue weighted by Crippen LogP contribution is 2.21. The minimum atomic E-state index is 0.502. The molecular formula is C24H42ClN3. The predicted octanol–water partition coefficient (Wildman–Crippen LogP) is 6.11. The van der Waals surface area contributed by atoms with Crippen molar-refractivity contribution in [3.05, 3.63) is 57.8 Å². The van der Waals surface area contributed by atoms with E-state index >= 15 is 0 Å². The summed E-state index contributed by atoms with van der Waals surface area (Å²) in [4.78, 5) is 0. The van der Waals surface area contributed by atoms with Crippen LogP contribution in [0.4, 0.5) is 0 Å². The van der Waals surface area contributed by atoms with E-state index in [2.05, 4.69) is 67.9 Å². The third kappa shape index (κ3) is 10.9. The van der Waals surface area contributed by atoms with Crippen molar-refractivity contribution in [3.8, 4) is 0 Å². The summed E-state index contributed by atoms with van der Waals surface area (Å²) in [6.07, 6.45) is 3.97. The molecule has 1 aromatic rings. The van der Waals surface area contributed by atoms with E-state index in [0.29, 0.717) is 6.04 Å². The normalized spacial score (nSPS) is 12.4. The van der Waals surface area contributed by atoms with Crippen molar-refractivity contribution in [1.29, 1.82) is 0 Å². The number of halogens is 1. The molecule has 0 spiro atoms. The second-order valence-corrected chi connectivity index (χ2v) is 7.19. The summed E-state index contributed by atoms with van der Waals surface area (Å²) in [6.45, 7) is 18.3. The molecule has 3 nitrogen and oxygen atoms in total. The lowest BCUT2D eigenvalue weighted by Gasteiger charge is -2.17. The second kappa shape index (κ2) is 16.6. The fourth-order valence-corrected chi connectivity index (χ4v) is 2.91. The van der Waals surface area contributed by atoms with E-state index in [0.717, 1.165) is 49.7 Å². The third-order valence-corrected chi connectivity index (χ3v) is 4.74.